The molecule has 0 saturated carbocycles. The molecular formula is C23H20BF2NO2. The zero-order chi connectivity index (χ0) is 20.4. The largest absolute Gasteiger partial charge is 0.489 e. The van der Waals surface area contributed by atoms with Crippen LogP contribution in [0.3, 0.4) is 0 Å². The quantitative estimate of drug-likeness (QED) is 0.772. The lowest BCUT2D eigenvalue weighted by Crippen LogP contribution is -2.21. The Morgan fingerprint density at radius 1 is 1.10 bits per heavy atom. The van der Waals surface area contributed by atoms with Crippen LogP contribution < -0.4 is 5.46 Å². The Kier molecular flexibility index (Phi) is 5.43. The molecule has 4 rings (SSSR count). The van der Waals surface area contributed by atoms with Crippen molar-refractivity contribution in [1.82, 2.24) is 0 Å². The van der Waals surface area contributed by atoms with E-state index in [1.165, 1.54) is 18.2 Å². The van der Waals surface area contributed by atoms with Gasteiger partial charge >= 0.3 is 0 Å². The predicted octanol–water partition coefficient (Wildman–Crippen LogP) is 4.32. The molecule has 2 aromatic rings. The molecule has 0 aromatic heterocycles. The Morgan fingerprint density at radius 3 is 2.45 bits per heavy atom. The average Bonchev–Trinajstić information content (AvgIpc) is 3.18. The molecule has 0 bridgehead atoms. The van der Waals surface area contributed by atoms with E-state index in [1.807, 2.05) is 24.3 Å². The number of rotatable bonds is 5. The van der Waals surface area contributed by atoms with Crippen molar-refractivity contribution in [2.45, 2.75) is 25.3 Å². The SMILES string of the molecule is O=C(O)Bc1ccc(C2=CCC(C3CCC(c4c(F)cccc4F)=N3)C=C2)cc1. The molecule has 0 spiro atoms. The summed E-state index contributed by atoms with van der Waals surface area (Å²) in [6, 6.07) is 11.5. The molecule has 3 nitrogen and oxygen atoms in total. The van der Waals surface area contributed by atoms with Crippen molar-refractivity contribution in [2.24, 2.45) is 10.9 Å². The fourth-order valence-electron chi connectivity index (χ4n) is 4.01. The van der Waals surface area contributed by atoms with Gasteiger partial charge in [0.15, 0.2) is 0 Å². The van der Waals surface area contributed by atoms with E-state index in [4.69, 9.17) is 5.11 Å². The van der Waals surface area contributed by atoms with Gasteiger partial charge in [-0.2, -0.15) is 0 Å². The first kappa shape index (κ1) is 19.3. The summed E-state index contributed by atoms with van der Waals surface area (Å²) in [5, 5.41) is 8.86. The van der Waals surface area contributed by atoms with E-state index in [2.05, 4.69) is 23.2 Å². The van der Waals surface area contributed by atoms with E-state index in [0.717, 1.165) is 29.4 Å². The van der Waals surface area contributed by atoms with Crippen LogP contribution in [-0.2, 0) is 0 Å². The van der Waals surface area contributed by atoms with Crippen molar-refractivity contribution in [3.8, 4) is 0 Å². The summed E-state index contributed by atoms with van der Waals surface area (Å²) in [4.78, 5) is 15.4. The van der Waals surface area contributed by atoms with Gasteiger partial charge in [0.05, 0.1) is 11.6 Å². The second-order valence-electron chi connectivity index (χ2n) is 7.46. The van der Waals surface area contributed by atoms with E-state index < -0.39 is 17.5 Å². The topological polar surface area (TPSA) is 49.7 Å². The van der Waals surface area contributed by atoms with Gasteiger partial charge in [-0.3, -0.25) is 9.79 Å². The second-order valence-corrected chi connectivity index (χ2v) is 7.46. The first-order valence-electron chi connectivity index (χ1n) is 9.72. The van der Waals surface area contributed by atoms with Crippen LogP contribution in [0, 0.1) is 17.6 Å². The number of carbonyl (C=O) groups is 1. The summed E-state index contributed by atoms with van der Waals surface area (Å²) < 4.78 is 28.1. The molecule has 1 N–H and O–H groups in total. The Labute approximate surface area is 168 Å². The Bertz CT molecular complexity index is 1010. The molecule has 1 aliphatic carbocycles. The number of hydrogen-bond acceptors (Lipinski definition) is 2. The van der Waals surface area contributed by atoms with E-state index >= 15 is 0 Å². The lowest BCUT2D eigenvalue weighted by Gasteiger charge is -2.20. The van der Waals surface area contributed by atoms with E-state index in [1.54, 1.807) is 0 Å². The third kappa shape index (κ3) is 4.21. The molecule has 0 saturated heterocycles. The number of nitrogens with zero attached hydrogens (tertiary/aromatic N) is 1. The summed E-state index contributed by atoms with van der Waals surface area (Å²) in [6.07, 6.45) is 8.49. The van der Waals surface area contributed by atoms with Gasteiger partial charge in [-0.25, -0.2) is 8.78 Å². The zero-order valence-electron chi connectivity index (χ0n) is 15.8. The third-order valence-corrected chi connectivity index (χ3v) is 5.52. The van der Waals surface area contributed by atoms with Crippen LogP contribution in [0.25, 0.3) is 5.57 Å². The molecule has 2 atom stereocenters. The number of hydrogen-bond donors (Lipinski definition) is 1. The van der Waals surface area contributed by atoms with Crippen LogP contribution in [0.15, 0.2) is 65.7 Å². The highest BCUT2D eigenvalue weighted by atomic mass is 19.1. The van der Waals surface area contributed by atoms with Crippen molar-refractivity contribution in [2.75, 3.05) is 0 Å². The molecule has 0 amide bonds. The third-order valence-electron chi connectivity index (χ3n) is 5.52. The van der Waals surface area contributed by atoms with Crippen molar-refractivity contribution >= 4 is 29.9 Å². The number of carboxylic acid groups (broad SMARTS) is 1. The number of benzene rings is 2. The lowest BCUT2D eigenvalue weighted by atomic mass is 9.70. The van der Waals surface area contributed by atoms with Crippen LogP contribution in [0.2, 0.25) is 0 Å². The first-order valence-corrected chi connectivity index (χ1v) is 9.72. The van der Waals surface area contributed by atoms with Crippen molar-refractivity contribution < 1.29 is 18.7 Å². The molecule has 0 fully saturated rings. The van der Waals surface area contributed by atoms with Gasteiger partial charge in [-0.15, -0.1) is 0 Å². The molecule has 1 heterocycles. The van der Waals surface area contributed by atoms with Crippen LogP contribution >= 0.6 is 0 Å². The fourth-order valence-corrected chi connectivity index (χ4v) is 4.01. The van der Waals surface area contributed by atoms with Crippen LogP contribution in [-0.4, -0.2) is 30.0 Å². The van der Waals surface area contributed by atoms with Crippen molar-refractivity contribution in [1.29, 1.82) is 0 Å². The standard InChI is InChI=1S/C23H20BF2NO2/c25-18-2-1-3-19(26)22(18)21-13-12-20(27-21)16-6-4-14(5-7-16)15-8-10-17(11-9-15)24-23(28)29/h1-6,8-11,16,20,24H,7,12-13H2,(H,28,29). The molecule has 2 aliphatic rings. The molecule has 6 heteroatoms. The number of aliphatic imine (C=N–C) groups is 1. The van der Waals surface area contributed by atoms with Gasteiger partial charge < -0.3 is 5.11 Å². The minimum Gasteiger partial charge on any atom is -0.489 e. The zero-order valence-corrected chi connectivity index (χ0v) is 15.8. The number of allylic oxidation sites excluding steroid dienone is 3. The summed E-state index contributed by atoms with van der Waals surface area (Å²) in [6.45, 7) is 0. The van der Waals surface area contributed by atoms with Crippen molar-refractivity contribution in [3.63, 3.8) is 0 Å². The van der Waals surface area contributed by atoms with Gasteiger partial charge in [0.1, 0.15) is 11.6 Å². The summed E-state index contributed by atoms with van der Waals surface area (Å²) in [5.74, 6) is -1.75. The molecule has 2 unspecified atom stereocenters. The van der Waals surface area contributed by atoms with Gasteiger partial charge in [0, 0.05) is 11.6 Å². The fraction of sp³-hybridized carbons (Fsp3) is 0.217. The second kappa shape index (κ2) is 8.15. The van der Waals surface area contributed by atoms with Gasteiger partial charge in [0.2, 0.25) is 0 Å². The maximum absolute atomic E-state index is 14.0. The maximum atomic E-state index is 14.0. The average molecular weight is 391 g/mol. The smallest absolute Gasteiger partial charge is 0.293 e. The van der Waals surface area contributed by atoms with Gasteiger partial charge in [0.25, 0.3) is 13.1 Å². The minimum absolute atomic E-state index is 0.00692. The highest BCUT2D eigenvalue weighted by Crippen LogP contribution is 2.32. The van der Waals surface area contributed by atoms with Crippen LogP contribution in [0.5, 0.6) is 0 Å². The van der Waals surface area contributed by atoms with E-state index in [0.29, 0.717) is 12.1 Å². The summed E-state index contributed by atoms with van der Waals surface area (Å²) in [5.41, 5.74) is 3.42. The highest BCUT2D eigenvalue weighted by Gasteiger charge is 2.28. The predicted molar refractivity (Wildman–Crippen MR) is 112 cm³/mol. The molecule has 146 valence electrons. The van der Waals surface area contributed by atoms with Crippen LogP contribution in [0.1, 0.15) is 30.4 Å². The summed E-state index contributed by atoms with van der Waals surface area (Å²) in [7, 11) is 0.0157. The Morgan fingerprint density at radius 2 is 1.83 bits per heavy atom. The van der Waals surface area contributed by atoms with Crippen LogP contribution in [0.4, 0.5) is 13.6 Å². The monoisotopic (exact) mass is 391 g/mol. The molecule has 2 aromatic carbocycles. The Hall–Kier alpha value is -3.02. The number of halogens is 2. The normalized spacial score (nSPS) is 20.9. The minimum atomic E-state index is -0.843. The van der Waals surface area contributed by atoms with Gasteiger partial charge in [-0.1, -0.05) is 54.0 Å². The summed E-state index contributed by atoms with van der Waals surface area (Å²) >= 11 is 0. The highest BCUT2D eigenvalue weighted by molar-refractivity contribution is 6.82. The van der Waals surface area contributed by atoms with Gasteiger partial charge in [-0.05, 0) is 42.5 Å². The molecule has 29 heavy (non-hydrogen) atoms. The lowest BCUT2D eigenvalue weighted by molar-refractivity contribution is 0.220. The Balaban J connectivity index is 1.45. The maximum Gasteiger partial charge on any atom is 0.293 e. The van der Waals surface area contributed by atoms with E-state index in [9.17, 15) is 13.6 Å². The van der Waals surface area contributed by atoms with Crippen molar-refractivity contribution in [3.05, 3.63) is 83.5 Å². The molecular weight excluding hydrogens is 371 g/mol. The molecule has 0 radical (unpaired) electrons. The molecule has 1 aliphatic heterocycles. The van der Waals surface area contributed by atoms with E-state index in [-0.39, 0.29) is 24.8 Å². The first-order chi connectivity index (χ1) is 14.0.